The molecule has 1 fully saturated rings. The Hall–Kier alpha value is -1.09. The number of halogens is 1. The van der Waals surface area contributed by atoms with Gasteiger partial charge in [-0.05, 0) is 37.8 Å². The summed E-state index contributed by atoms with van der Waals surface area (Å²) in [7, 11) is 0. The average molecular weight is 264 g/mol. The first-order chi connectivity index (χ1) is 8.78. The van der Waals surface area contributed by atoms with E-state index in [9.17, 15) is 0 Å². The molecule has 0 saturated heterocycles. The molecule has 3 nitrogen and oxygen atoms in total. The summed E-state index contributed by atoms with van der Waals surface area (Å²) >= 11 is 5.99. The van der Waals surface area contributed by atoms with Gasteiger partial charge in [0.05, 0.1) is 5.88 Å². The third kappa shape index (κ3) is 2.37. The molecule has 1 aliphatic carbocycles. The van der Waals surface area contributed by atoms with Crippen LogP contribution in [0.5, 0.6) is 0 Å². The lowest BCUT2D eigenvalue weighted by atomic mass is 10.2. The molecule has 0 atom stereocenters. The van der Waals surface area contributed by atoms with E-state index in [0.29, 0.717) is 5.88 Å². The number of hydrogen-bond acceptors (Lipinski definition) is 2. The van der Waals surface area contributed by atoms with Crippen molar-refractivity contribution in [2.75, 3.05) is 0 Å². The standard InChI is InChI=1S/C14H18ClN3/c1-10-4-7-12-14(16-10)18(13(9-15)17-12)8-2-3-11-5-6-11/h4,7,11H,2-3,5-6,8-9H2,1H3. The van der Waals surface area contributed by atoms with Gasteiger partial charge < -0.3 is 4.57 Å². The van der Waals surface area contributed by atoms with Gasteiger partial charge in [0.15, 0.2) is 5.65 Å². The van der Waals surface area contributed by atoms with E-state index in [1.165, 1.54) is 25.7 Å². The second kappa shape index (κ2) is 4.88. The number of aryl methyl sites for hydroxylation is 2. The summed E-state index contributed by atoms with van der Waals surface area (Å²) in [4.78, 5) is 9.15. The van der Waals surface area contributed by atoms with Crippen LogP contribution in [-0.4, -0.2) is 14.5 Å². The fraction of sp³-hybridized carbons (Fsp3) is 0.571. The van der Waals surface area contributed by atoms with E-state index < -0.39 is 0 Å². The van der Waals surface area contributed by atoms with Crippen LogP contribution in [0.1, 0.15) is 37.2 Å². The van der Waals surface area contributed by atoms with Gasteiger partial charge in [-0.2, -0.15) is 0 Å². The maximum atomic E-state index is 5.99. The lowest BCUT2D eigenvalue weighted by Crippen LogP contribution is -2.04. The molecule has 96 valence electrons. The van der Waals surface area contributed by atoms with Crippen LogP contribution in [0, 0.1) is 12.8 Å². The molecule has 4 heteroatoms. The maximum absolute atomic E-state index is 5.99. The van der Waals surface area contributed by atoms with Crippen LogP contribution in [0.15, 0.2) is 12.1 Å². The van der Waals surface area contributed by atoms with E-state index in [0.717, 1.165) is 35.1 Å². The summed E-state index contributed by atoms with van der Waals surface area (Å²) in [6, 6.07) is 4.03. The Morgan fingerprint density at radius 2 is 2.17 bits per heavy atom. The molecule has 18 heavy (non-hydrogen) atoms. The minimum absolute atomic E-state index is 0.457. The van der Waals surface area contributed by atoms with E-state index >= 15 is 0 Å². The third-order valence-corrected chi connectivity index (χ3v) is 3.86. The van der Waals surface area contributed by atoms with Gasteiger partial charge in [0, 0.05) is 12.2 Å². The smallest absolute Gasteiger partial charge is 0.160 e. The molecule has 0 amide bonds. The predicted molar refractivity (Wildman–Crippen MR) is 73.8 cm³/mol. The molecule has 3 rings (SSSR count). The predicted octanol–water partition coefficient (Wildman–Crippen LogP) is 3.67. The normalized spacial score (nSPS) is 15.4. The Labute approximate surface area is 112 Å². The highest BCUT2D eigenvalue weighted by molar-refractivity contribution is 6.16. The van der Waals surface area contributed by atoms with E-state index in [-0.39, 0.29) is 0 Å². The Morgan fingerprint density at radius 3 is 2.89 bits per heavy atom. The van der Waals surface area contributed by atoms with E-state index in [2.05, 4.69) is 14.5 Å². The van der Waals surface area contributed by atoms with Crippen molar-refractivity contribution in [2.45, 2.75) is 45.0 Å². The van der Waals surface area contributed by atoms with Gasteiger partial charge in [-0.15, -0.1) is 11.6 Å². The molecule has 1 aliphatic rings. The van der Waals surface area contributed by atoms with Crippen molar-refractivity contribution in [3.63, 3.8) is 0 Å². The first-order valence-corrected chi connectivity index (χ1v) is 7.20. The average Bonchev–Trinajstić information content (AvgIpc) is 3.12. The van der Waals surface area contributed by atoms with Gasteiger partial charge in [-0.25, -0.2) is 9.97 Å². The summed E-state index contributed by atoms with van der Waals surface area (Å²) in [5, 5.41) is 0. The Kier molecular flexibility index (Phi) is 3.25. The Balaban J connectivity index is 1.87. The minimum atomic E-state index is 0.457. The second-order valence-electron chi connectivity index (χ2n) is 5.19. The monoisotopic (exact) mass is 263 g/mol. The van der Waals surface area contributed by atoms with Gasteiger partial charge >= 0.3 is 0 Å². The van der Waals surface area contributed by atoms with Crippen LogP contribution < -0.4 is 0 Å². The fourth-order valence-electron chi connectivity index (χ4n) is 2.42. The molecule has 0 aliphatic heterocycles. The van der Waals surface area contributed by atoms with Crippen molar-refractivity contribution >= 4 is 22.8 Å². The Morgan fingerprint density at radius 1 is 1.33 bits per heavy atom. The molecular weight excluding hydrogens is 246 g/mol. The molecule has 0 radical (unpaired) electrons. The number of fused-ring (bicyclic) bond motifs is 1. The molecular formula is C14H18ClN3. The van der Waals surface area contributed by atoms with E-state index in [1.807, 2.05) is 19.1 Å². The summed E-state index contributed by atoms with van der Waals surface area (Å²) in [6.45, 7) is 3.01. The van der Waals surface area contributed by atoms with Crippen LogP contribution >= 0.6 is 11.6 Å². The zero-order valence-electron chi connectivity index (χ0n) is 10.7. The second-order valence-corrected chi connectivity index (χ2v) is 5.46. The van der Waals surface area contributed by atoms with Gasteiger partial charge in [0.1, 0.15) is 11.3 Å². The van der Waals surface area contributed by atoms with E-state index in [4.69, 9.17) is 11.6 Å². The number of pyridine rings is 1. The molecule has 0 unspecified atom stereocenters. The third-order valence-electron chi connectivity index (χ3n) is 3.62. The molecule has 0 aromatic carbocycles. The summed E-state index contributed by atoms with van der Waals surface area (Å²) in [5.74, 6) is 2.38. The largest absolute Gasteiger partial charge is 0.312 e. The van der Waals surface area contributed by atoms with Crippen LogP contribution in [-0.2, 0) is 12.4 Å². The zero-order chi connectivity index (χ0) is 12.5. The van der Waals surface area contributed by atoms with Crippen LogP contribution in [0.2, 0.25) is 0 Å². The van der Waals surface area contributed by atoms with Gasteiger partial charge in [-0.3, -0.25) is 0 Å². The lowest BCUT2D eigenvalue weighted by molar-refractivity contribution is 0.573. The minimum Gasteiger partial charge on any atom is -0.312 e. The van der Waals surface area contributed by atoms with Crippen molar-refractivity contribution in [1.82, 2.24) is 14.5 Å². The molecule has 2 heterocycles. The number of nitrogens with zero attached hydrogens (tertiary/aromatic N) is 3. The van der Waals surface area contributed by atoms with Gasteiger partial charge in [0.25, 0.3) is 0 Å². The highest BCUT2D eigenvalue weighted by Crippen LogP contribution is 2.33. The highest BCUT2D eigenvalue weighted by atomic mass is 35.5. The summed E-state index contributed by atoms with van der Waals surface area (Å²) in [5.41, 5.74) is 2.98. The van der Waals surface area contributed by atoms with Crippen LogP contribution in [0.3, 0.4) is 0 Å². The van der Waals surface area contributed by atoms with Gasteiger partial charge in [-0.1, -0.05) is 12.8 Å². The maximum Gasteiger partial charge on any atom is 0.160 e. The summed E-state index contributed by atoms with van der Waals surface area (Å²) < 4.78 is 2.19. The Bertz CT molecular complexity index is 557. The number of rotatable bonds is 5. The highest BCUT2D eigenvalue weighted by Gasteiger charge is 2.20. The molecule has 0 bridgehead atoms. The van der Waals surface area contributed by atoms with Crippen molar-refractivity contribution in [2.24, 2.45) is 5.92 Å². The van der Waals surface area contributed by atoms with E-state index in [1.54, 1.807) is 0 Å². The molecule has 0 spiro atoms. The number of alkyl halides is 1. The zero-order valence-corrected chi connectivity index (χ0v) is 11.5. The summed E-state index contributed by atoms with van der Waals surface area (Å²) in [6.07, 6.45) is 5.37. The van der Waals surface area contributed by atoms with Crippen molar-refractivity contribution in [1.29, 1.82) is 0 Å². The molecule has 1 saturated carbocycles. The van der Waals surface area contributed by atoms with Crippen molar-refractivity contribution in [3.05, 3.63) is 23.7 Å². The molecule has 2 aromatic rings. The first kappa shape index (κ1) is 12.0. The van der Waals surface area contributed by atoms with Crippen molar-refractivity contribution < 1.29 is 0 Å². The first-order valence-electron chi connectivity index (χ1n) is 6.66. The number of hydrogen-bond donors (Lipinski definition) is 0. The van der Waals surface area contributed by atoms with Crippen LogP contribution in [0.4, 0.5) is 0 Å². The topological polar surface area (TPSA) is 30.7 Å². The fourth-order valence-corrected chi connectivity index (χ4v) is 2.63. The lowest BCUT2D eigenvalue weighted by Gasteiger charge is -2.06. The number of aromatic nitrogens is 3. The van der Waals surface area contributed by atoms with Crippen LogP contribution in [0.25, 0.3) is 11.2 Å². The van der Waals surface area contributed by atoms with Crippen molar-refractivity contribution in [3.8, 4) is 0 Å². The van der Waals surface area contributed by atoms with Gasteiger partial charge in [0.2, 0.25) is 0 Å². The quantitative estimate of drug-likeness (QED) is 0.771. The molecule has 0 N–H and O–H groups in total. The molecule has 2 aromatic heterocycles. The SMILES string of the molecule is Cc1ccc2nc(CCl)n(CCCC3CC3)c2n1. The number of imidazole rings is 1.